The van der Waals surface area contributed by atoms with Crippen LogP contribution in [0.15, 0.2) is 51.6 Å². The van der Waals surface area contributed by atoms with Gasteiger partial charge in [-0.3, -0.25) is 0 Å². The van der Waals surface area contributed by atoms with Gasteiger partial charge >= 0.3 is 6.18 Å². The van der Waals surface area contributed by atoms with E-state index >= 15 is 0 Å². The number of oxime groups is 1. The average molecular weight is 383 g/mol. The van der Waals surface area contributed by atoms with Gasteiger partial charge in [-0.15, -0.1) is 11.3 Å². The maximum absolute atomic E-state index is 12.6. The van der Waals surface area contributed by atoms with E-state index in [9.17, 15) is 13.2 Å². The van der Waals surface area contributed by atoms with Crippen molar-refractivity contribution >= 4 is 28.5 Å². The zero-order valence-electron chi connectivity index (χ0n) is 12.7. The Labute approximate surface area is 149 Å². The maximum atomic E-state index is 12.6. The van der Waals surface area contributed by atoms with E-state index in [0.29, 0.717) is 16.3 Å². The summed E-state index contributed by atoms with van der Waals surface area (Å²) in [6, 6.07) is 6.72. The van der Waals surface area contributed by atoms with Crippen molar-refractivity contribution in [2.24, 2.45) is 10.9 Å². The van der Waals surface area contributed by atoms with Crippen molar-refractivity contribution in [3.63, 3.8) is 0 Å². The van der Waals surface area contributed by atoms with Crippen LogP contribution in [-0.4, -0.2) is 10.8 Å². The molecule has 0 aliphatic carbocycles. The number of halogens is 3. The van der Waals surface area contributed by atoms with Gasteiger partial charge in [0.25, 0.3) is 0 Å². The minimum atomic E-state index is -4.35. The molecule has 25 heavy (non-hydrogen) atoms. The minimum absolute atomic E-state index is 0.127. The molecule has 0 radical (unpaired) electrons. The Balaban J connectivity index is 1.63. The molecule has 0 saturated heterocycles. The summed E-state index contributed by atoms with van der Waals surface area (Å²) in [4.78, 5) is 9.52. The maximum Gasteiger partial charge on any atom is 0.416 e. The van der Waals surface area contributed by atoms with Gasteiger partial charge in [-0.05, 0) is 23.6 Å². The highest BCUT2D eigenvalue weighted by molar-refractivity contribution is 7.13. The highest BCUT2D eigenvalue weighted by Gasteiger charge is 2.30. The number of alkyl halides is 3. The summed E-state index contributed by atoms with van der Waals surface area (Å²) >= 11 is 2.83. The molecular weight excluding hydrogens is 371 g/mol. The van der Waals surface area contributed by atoms with Crippen LogP contribution in [-0.2, 0) is 17.6 Å². The van der Waals surface area contributed by atoms with Crippen LogP contribution in [0.25, 0.3) is 10.6 Å². The summed E-state index contributed by atoms with van der Waals surface area (Å²) in [5.41, 5.74) is 7.11. The fourth-order valence-corrected chi connectivity index (χ4v) is 3.40. The lowest BCUT2D eigenvalue weighted by Gasteiger charge is -2.06. The molecule has 0 fully saturated rings. The van der Waals surface area contributed by atoms with Crippen molar-refractivity contribution in [1.82, 2.24) is 4.98 Å². The van der Waals surface area contributed by atoms with Gasteiger partial charge in [-0.1, -0.05) is 17.3 Å². The van der Waals surface area contributed by atoms with Gasteiger partial charge in [0.1, 0.15) is 5.01 Å². The van der Waals surface area contributed by atoms with E-state index in [4.69, 9.17) is 10.6 Å². The van der Waals surface area contributed by atoms with Gasteiger partial charge in [0, 0.05) is 21.9 Å². The van der Waals surface area contributed by atoms with Crippen LogP contribution in [0.1, 0.15) is 16.8 Å². The summed E-state index contributed by atoms with van der Waals surface area (Å²) in [6.45, 7) is 0.127. The number of nitrogens with zero attached hydrogens (tertiary/aromatic N) is 2. The Kier molecular flexibility index (Phi) is 5.05. The third-order valence-corrected chi connectivity index (χ3v) is 4.83. The summed E-state index contributed by atoms with van der Waals surface area (Å²) < 4.78 is 37.7. The molecule has 130 valence electrons. The van der Waals surface area contributed by atoms with Crippen LogP contribution in [0.2, 0.25) is 0 Å². The van der Waals surface area contributed by atoms with Gasteiger partial charge in [0.15, 0.2) is 12.4 Å². The molecule has 0 bridgehead atoms. The number of benzene rings is 1. The molecular formula is C16H12F3N3OS2. The third kappa shape index (κ3) is 4.37. The van der Waals surface area contributed by atoms with Crippen molar-refractivity contribution in [1.29, 1.82) is 0 Å². The average Bonchev–Trinajstić information content (AvgIpc) is 3.26. The second-order valence-corrected chi connectivity index (χ2v) is 6.62. The number of amidine groups is 1. The highest BCUT2D eigenvalue weighted by Crippen LogP contribution is 2.31. The molecule has 0 spiro atoms. The molecule has 3 aromatic rings. The Hall–Kier alpha value is -2.39. The molecule has 0 atom stereocenters. The Bertz CT molecular complexity index is 856. The Morgan fingerprint density at radius 1 is 1.16 bits per heavy atom. The highest BCUT2D eigenvalue weighted by atomic mass is 32.1. The number of aromatic nitrogens is 1. The monoisotopic (exact) mass is 383 g/mol. The first-order valence-electron chi connectivity index (χ1n) is 7.03. The van der Waals surface area contributed by atoms with Crippen molar-refractivity contribution < 1.29 is 18.0 Å². The Morgan fingerprint density at radius 3 is 2.56 bits per heavy atom. The largest absolute Gasteiger partial charge is 0.416 e. The molecule has 1 aromatic carbocycles. The number of thiazole rings is 1. The molecule has 2 N–H and O–H groups in total. The molecule has 2 aromatic heterocycles. The van der Waals surface area contributed by atoms with Crippen molar-refractivity contribution in [2.45, 2.75) is 12.8 Å². The van der Waals surface area contributed by atoms with E-state index < -0.39 is 11.7 Å². The van der Waals surface area contributed by atoms with Gasteiger partial charge in [-0.25, -0.2) is 4.98 Å². The number of thiophene rings is 1. The normalized spacial score (nSPS) is 12.4. The first kappa shape index (κ1) is 17.4. The van der Waals surface area contributed by atoms with Crippen LogP contribution in [0, 0.1) is 0 Å². The van der Waals surface area contributed by atoms with E-state index in [1.54, 1.807) is 5.38 Å². The number of hydrogen-bond donors (Lipinski definition) is 1. The number of nitrogens with two attached hydrogens (primary N) is 1. The van der Waals surface area contributed by atoms with E-state index in [2.05, 4.69) is 10.1 Å². The van der Waals surface area contributed by atoms with Crippen molar-refractivity contribution in [3.8, 4) is 10.6 Å². The fraction of sp³-hybridized carbons (Fsp3) is 0.125. The predicted molar refractivity (Wildman–Crippen MR) is 92.4 cm³/mol. The van der Waals surface area contributed by atoms with Crippen LogP contribution in [0.3, 0.4) is 0 Å². The van der Waals surface area contributed by atoms with Gasteiger partial charge in [0.05, 0.1) is 11.3 Å². The second kappa shape index (κ2) is 7.24. The first-order valence-corrected chi connectivity index (χ1v) is 8.86. The van der Waals surface area contributed by atoms with Gasteiger partial charge in [-0.2, -0.15) is 24.5 Å². The lowest BCUT2D eigenvalue weighted by atomic mass is 10.1. The SMILES string of the molecule is N/C(=N/OCc1csc(-c2ccc(C(F)(F)F)cc2)n1)c1ccsc1. The molecule has 0 aliphatic rings. The lowest BCUT2D eigenvalue weighted by Crippen LogP contribution is -2.12. The van der Waals surface area contributed by atoms with Gasteiger partial charge in [0.2, 0.25) is 0 Å². The summed E-state index contributed by atoms with van der Waals surface area (Å²) in [5, 5.41) is 9.94. The van der Waals surface area contributed by atoms with Crippen LogP contribution in [0.5, 0.6) is 0 Å². The van der Waals surface area contributed by atoms with E-state index in [1.807, 2.05) is 16.8 Å². The lowest BCUT2D eigenvalue weighted by molar-refractivity contribution is -0.137. The molecule has 4 nitrogen and oxygen atoms in total. The smallest absolute Gasteiger partial charge is 0.388 e. The summed E-state index contributed by atoms with van der Waals surface area (Å²) in [5.74, 6) is 0.277. The first-order chi connectivity index (χ1) is 11.9. The topological polar surface area (TPSA) is 60.5 Å². The van der Waals surface area contributed by atoms with E-state index in [1.165, 1.54) is 34.8 Å². The molecule has 0 unspecified atom stereocenters. The second-order valence-electron chi connectivity index (χ2n) is 4.98. The summed E-state index contributed by atoms with van der Waals surface area (Å²) in [7, 11) is 0. The number of hydrogen-bond acceptors (Lipinski definition) is 5. The molecule has 0 aliphatic heterocycles. The van der Waals surface area contributed by atoms with Crippen molar-refractivity contribution in [3.05, 3.63) is 63.3 Å². The fourth-order valence-electron chi connectivity index (χ4n) is 1.94. The van der Waals surface area contributed by atoms with Crippen molar-refractivity contribution in [2.75, 3.05) is 0 Å². The summed E-state index contributed by atoms with van der Waals surface area (Å²) in [6.07, 6.45) is -4.35. The van der Waals surface area contributed by atoms with Gasteiger partial charge < -0.3 is 10.6 Å². The minimum Gasteiger partial charge on any atom is -0.388 e. The molecule has 2 heterocycles. The standard InChI is InChI=1S/C16H12F3N3OS2/c17-16(18,19)12-3-1-10(2-4-12)15-21-13(9-25-15)7-23-22-14(20)11-5-6-24-8-11/h1-6,8-9H,7H2,(H2,20,22). The molecule has 3 rings (SSSR count). The van der Waals surface area contributed by atoms with E-state index in [0.717, 1.165) is 17.7 Å². The van der Waals surface area contributed by atoms with Crippen LogP contribution < -0.4 is 5.73 Å². The quantitative estimate of drug-likeness (QED) is 0.394. The molecule has 0 amide bonds. The van der Waals surface area contributed by atoms with Crippen LogP contribution in [0.4, 0.5) is 13.2 Å². The molecule has 9 heteroatoms. The van der Waals surface area contributed by atoms with Crippen LogP contribution >= 0.6 is 22.7 Å². The number of rotatable bonds is 5. The molecule has 0 saturated carbocycles. The third-order valence-electron chi connectivity index (χ3n) is 3.20. The van der Waals surface area contributed by atoms with E-state index in [-0.39, 0.29) is 12.4 Å². The zero-order chi connectivity index (χ0) is 17.9. The Morgan fingerprint density at radius 2 is 1.92 bits per heavy atom. The zero-order valence-corrected chi connectivity index (χ0v) is 14.3. The predicted octanol–water partition coefficient (Wildman–Crippen LogP) is 4.73.